The normalized spacial score (nSPS) is 17.3. The number of halogens is 1. The van der Waals surface area contributed by atoms with Gasteiger partial charge in [0, 0.05) is 37.2 Å². The molecule has 1 atom stereocenters. The number of carbonyl (C=O) groups excluding carboxylic acids is 1. The second kappa shape index (κ2) is 11.4. The molecule has 0 bridgehead atoms. The van der Waals surface area contributed by atoms with Gasteiger partial charge in [-0.2, -0.15) is 0 Å². The highest BCUT2D eigenvalue weighted by molar-refractivity contribution is 9.10. The van der Waals surface area contributed by atoms with E-state index in [0.717, 1.165) is 62.1 Å². The number of piperazine rings is 1. The first-order valence-corrected chi connectivity index (χ1v) is 12.5. The molecule has 1 unspecified atom stereocenters. The van der Waals surface area contributed by atoms with Crippen molar-refractivity contribution in [2.45, 2.75) is 45.6 Å². The predicted molar refractivity (Wildman–Crippen MR) is 135 cm³/mol. The Labute approximate surface area is 202 Å². The van der Waals surface area contributed by atoms with Crippen LogP contribution in [-0.2, 0) is 21.5 Å². The maximum atomic E-state index is 13.0. The van der Waals surface area contributed by atoms with Crippen LogP contribution in [0.25, 0.3) is 0 Å². The lowest BCUT2D eigenvalue weighted by atomic mass is 9.68. The van der Waals surface area contributed by atoms with Crippen LogP contribution < -0.4 is 0 Å². The minimum Gasteiger partial charge on any atom is -0.468 e. The lowest BCUT2D eigenvalue weighted by molar-refractivity contribution is -0.150. The highest BCUT2D eigenvalue weighted by Crippen LogP contribution is 2.39. The summed E-state index contributed by atoms with van der Waals surface area (Å²) in [6.07, 6.45) is 1.76. The van der Waals surface area contributed by atoms with E-state index in [0.29, 0.717) is 0 Å². The molecule has 0 aromatic heterocycles. The van der Waals surface area contributed by atoms with Crippen LogP contribution >= 0.6 is 15.9 Å². The Balaban J connectivity index is 1.57. The Morgan fingerprint density at radius 3 is 2.31 bits per heavy atom. The molecule has 1 aliphatic rings. The van der Waals surface area contributed by atoms with E-state index in [1.165, 1.54) is 18.2 Å². The van der Waals surface area contributed by atoms with E-state index < -0.39 is 5.41 Å². The van der Waals surface area contributed by atoms with Crippen molar-refractivity contribution in [2.75, 3.05) is 39.8 Å². The molecule has 174 valence electrons. The zero-order valence-electron chi connectivity index (χ0n) is 19.9. The van der Waals surface area contributed by atoms with Gasteiger partial charge in [-0.05, 0) is 55.5 Å². The molecule has 4 nitrogen and oxygen atoms in total. The van der Waals surface area contributed by atoms with Crippen molar-refractivity contribution < 1.29 is 9.53 Å². The molecule has 2 aromatic carbocycles. The van der Waals surface area contributed by atoms with Crippen LogP contribution in [0, 0.1) is 12.8 Å². The van der Waals surface area contributed by atoms with E-state index in [2.05, 4.69) is 82.9 Å². The highest BCUT2D eigenvalue weighted by Gasteiger charge is 2.44. The Kier molecular flexibility index (Phi) is 8.92. The molecule has 0 radical (unpaired) electrons. The number of hydrogen-bond donors (Lipinski definition) is 0. The molecule has 0 saturated carbocycles. The number of esters is 1. The van der Waals surface area contributed by atoms with Crippen molar-refractivity contribution >= 4 is 21.9 Å². The van der Waals surface area contributed by atoms with E-state index in [1.807, 2.05) is 12.1 Å². The van der Waals surface area contributed by atoms with Crippen LogP contribution in [0.1, 0.15) is 43.4 Å². The molecule has 32 heavy (non-hydrogen) atoms. The van der Waals surface area contributed by atoms with Gasteiger partial charge in [0.1, 0.15) is 0 Å². The van der Waals surface area contributed by atoms with Gasteiger partial charge in [-0.1, -0.05) is 71.7 Å². The summed E-state index contributed by atoms with van der Waals surface area (Å²) in [5.41, 5.74) is 3.12. The molecular weight excluding hydrogens is 464 g/mol. The second-order valence-electron chi connectivity index (χ2n) is 9.33. The molecule has 5 heteroatoms. The molecule has 0 N–H and O–H groups in total. The summed E-state index contributed by atoms with van der Waals surface area (Å²) in [6.45, 7) is 12.8. The van der Waals surface area contributed by atoms with E-state index in [9.17, 15) is 4.79 Å². The monoisotopic (exact) mass is 500 g/mol. The maximum absolute atomic E-state index is 13.0. The van der Waals surface area contributed by atoms with Gasteiger partial charge in [-0.3, -0.25) is 9.69 Å². The molecule has 1 aliphatic heterocycles. The highest BCUT2D eigenvalue weighted by atomic mass is 79.9. The molecule has 0 spiro atoms. The first-order valence-electron chi connectivity index (χ1n) is 11.7. The Bertz CT molecular complexity index is 875. The summed E-state index contributed by atoms with van der Waals surface area (Å²) in [5.74, 6) is 0.0177. The van der Waals surface area contributed by atoms with Gasteiger partial charge in [0.05, 0.1) is 12.5 Å². The number of hydrogen-bond acceptors (Lipinski definition) is 4. The van der Waals surface area contributed by atoms with E-state index in [-0.39, 0.29) is 11.9 Å². The van der Waals surface area contributed by atoms with Crippen molar-refractivity contribution in [3.8, 4) is 0 Å². The van der Waals surface area contributed by atoms with Crippen molar-refractivity contribution in [1.29, 1.82) is 0 Å². The van der Waals surface area contributed by atoms with E-state index >= 15 is 0 Å². The minimum absolute atomic E-state index is 0.131. The van der Waals surface area contributed by atoms with Gasteiger partial charge in [0.15, 0.2) is 0 Å². The van der Waals surface area contributed by atoms with Gasteiger partial charge in [-0.15, -0.1) is 0 Å². The van der Waals surface area contributed by atoms with Crippen LogP contribution in [0.4, 0.5) is 0 Å². The van der Waals surface area contributed by atoms with Gasteiger partial charge < -0.3 is 9.64 Å². The summed E-state index contributed by atoms with van der Waals surface area (Å²) in [5, 5.41) is 0. The van der Waals surface area contributed by atoms with Crippen molar-refractivity contribution in [3.05, 3.63) is 69.7 Å². The number of rotatable bonds is 9. The number of ether oxygens (including phenoxy) is 1. The quantitative estimate of drug-likeness (QED) is 0.430. The molecule has 1 saturated heterocycles. The average Bonchev–Trinajstić information content (AvgIpc) is 2.78. The summed E-state index contributed by atoms with van der Waals surface area (Å²) < 4.78 is 6.31. The number of carbonyl (C=O) groups is 1. The molecule has 0 aliphatic carbocycles. The summed E-state index contributed by atoms with van der Waals surface area (Å²) in [4.78, 5) is 18.1. The molecule has 0 amide bonds. The number of benzene rings is 2. The van der Waals surface area contributed by atoms with Crippen molar-refractivity contribution in [2.24, 2.45) is 5.92 Å². The molecule has 2 aromatic rings. The van der Waals surface area contributed by atoms with Crippen molar-refractivity contribution in [3.63, 3.8) is 0 Å². The van der Waals surface area contributed by atoms with Gasteiger partial charge in [0.2, 0.25) is 0 Å². The third-order valence-corrected chi connectivity index (χ3v) is 7.41. The van der Waals surface area contributed by atoms with Crippen molar-refractivity contribution in [1.82, 2.24) is 9.80 Å². The fourth-order valence-corrected chi connectivity index (χ4v) is 5.27. The lowest BCUT2D eigenvalue weighted by Crippen LogP contribution is -2.47. The standard InChI is InChI=1S/C27H37BrN2O2/c1-21(2)27(26(31)32-4,24-7-5-8-25(28)19-24)13-6-14-29-15-17-30(18-16-29)20-23-11-9-22(3)10-12-23/h5,7-12,19,21H,6,13-18,20H2,1-4H3. The lowest BCUT2D eigenvalue weighted by Gasteiger charge is -2.38. The summed E-state index contributed by atoms with van der Waals surface area (Å²) >= 11 is 3.57. The SMILES string of the molecule is COC(=O)C(CCCN1CCN(Cc2ccc(C)cc2)CC1)(c1cccc(Br)c1)C(C)C. The number of aryl methyl sites for hydroxylation is 1. The molecular formula is C27H37BrN2O2. The predicted octanol–water partition coefficient (Wildman–Crippen LogP) is 5.42. The first-order chi connectivity index (χ1) is 15.3. The van der Waals surface area contributed by atoms with E-state index in [1.54, 1.807) is 0 Å². The fourth-order valence-electron chi connectivity index (χ4n) is 4.87. The van der Waals surface area contributed by atoms with Crippen LogP contribution in [-0.4, -0.2) is 55.6 Å². The third-order valence-electron chi connectivity index (χ3n) is 6.91. The maximum Gasteiger partial charge on any atom is 0.316 e. The fraction of sp³-hybridized carbons (Fsp3) is 0.519. The third kappa shape index (κ3) is 6.00. The Morgan fingerprint density at radius 2 is 1.72 bits per heavy atom. The van der Waals surface area contributed by atoms with E-state index in [4.69, 9.17) is 4.74 Å². The zero-order chi connectivity index (χ0) is 23.1. The minimum atomic E-state index is -0.619. The largest absolute Gasteiger partial charge is 0.468 e. The van der Waals surface area contributed by atoms with Crippen LogP contribution in [0.2, 0.25) is 0 Å². The summed E-state index contributed by atoms with van der Waals surface area (Å²) in [7, 11) is 1.50. The first kappa shape index (κ1) is 24.9. The summed E-state index contributed by atoms with van der Waals surface area (Å²) in [6, 6.07) is 17.0. The second-order valence-corrected chi connectivity index (χ2v) is 10.3. The van der Waals surface area contributed by atoms with Crippen LogP contribution in [0.3, 0.4) is 0 Å². The number of methoxy groups -OCH3 is 1. The molecule has 1 heterocycles. The molecule has 3 rings (SSSR count). The topological polar surface area (TPSA) is 32.8 Å². The number of nitrogens with zero attached hydrogens (tertiary/aromatic N) is 2. The Hall–Kier alpha value is -1.69. The van der Waals surface area contributed by atoms with Gasteiger partial charge >= 0.3 is 5.97 Å². The average molecular weight is 502 g/mol. The molecule has 1 fully saturated rings. The van der Waals surface area contributed by atoms with Crippen LogP contribution in [0.15, 0.2) is 53.0 Å². The van der Waals surface area contributed by atoms with Crippen LogP contribution in [0.5, 0.6) is 0 Å². The van der Waals surface area contributed by atoms with Gasteiger partial charge in [0.25, 0.3) is 0 Å². The smallest absolute Gasteiger partial charge is 0.316 e. The zero-order valence-corrected chi connectivity index (χ0v) is 21.5. The van der Waals surface area contributed by atoms with Gasteiger partial charge in [-0.25, -0.2) is 0 Å². The Morgan fingerprint density at radius 1 is 1.06 bits per heavy atom.